The van der Waals surface area contributed by atoms with E-state index < -0.39 is 0 Å². The van der Waals surface area contributed by atoms with E-state index in [0.29, 0.717) is 0 Å². The molecule has 3 fully saturated rings. The van der Waals surface area contributed by atoms with Crippen LogP contribution < -0.4 is 5.32 Å². The Labute approximate surface area is 113 Å². The van der Waals surface area contributed by atoms with Crippen LogP contribution in [0.5, 0.6) is 0 Å². The van der Waals surface area contributed by atoms with Crippen LogP contribution in [0, 0.1) is 11.3 Å². The Morgan fingerprint density at radius 1 is 0.833 bits per heavy atom. The van der Waals surface area contributed by atoms with E-state index in [1.807, 2.05) is 0 Å². The van der Waals surface area contributed by atoms with Crippen molar-refractivity contribution < 1.29 is 0 Å². The lowest BCUT2D eigenvalue weighted by atomic mass is 9.71. The van der Waals surface area contributed by atoms with Crippen LogP contribution in [-0.4, -0.2) is 12.1 Å². The van der Waals surface area contributed by atoms with Gasteiger partial charge in [0.1, 0.15) is 0 Å². The molecule has 0 aromatic carbocycles. The highest BCUT2D eigenvalue weighted by Gasteiger charge is 2.37. The van der Waals surface area contributed by atoms with Crippen molar-refractivity contribution in [3.05, 3.63) is 0 Å². The zero-order valence-corrected chi connectivity index (χ0v) is 12.2. The van der Waals surface area contributed by atoms with Gasteiger partial charge in [-0.05, 0) is 69.6 Å². The first-order chi connectivity index (χ1) is 8.77. The van der Waals surface area contributed by atoms with E-state index in [1.54, 1.807) is 0 Å². The minimum Gasteiger partial charge on any atom is -0.311 e. The lowest BCUT2D eigenvalue weighted by molar-refractivity contribution is 0.157. The Morgan fingerprint density at radius 3 is 2.06 bits per heavy atom. The lowest BCUT2D eigenvalue weighted by Crippen LogP contribution is -2.43. The molecule has 18 heavy (non-hydrogen) atoms. The molecule has 104 valence electrons. The van der Waals surface area contributed by atoms with Gasteiger partial charge >= 0.3 is 0 Å². The zero-order chi connectivity index (χ0) is 12.4. The number of hydrogen-bond acceptors (Lipinski definition) is 1. The van der Waals surface area contributed by atoms with Crippen molar-refractivity contribution in [2.75, 3.05) is 0 Å². The quantitative estimate of drug-likeness (QED) is 0.767. The van der Waals surface area contributed by atoms with Gasteiger partial charge in [-0.1, -0.05) is 25.7 Å². The highest BCUT2D eigenvalue weighted by Crippen LogP contribution is 2.49. The summed E-state index contributed by atoms with van der Waals surface area (Å²) in [6, 6.07) is 1.61. The summed E-state index contributed by atoms with van der Waals surface area (Å²) in [4.78, 5) is 0. The third-order valence-corrected chi connectivity index (χ3v) is 6.32. The SMILES string of the molecule is CC(NC1CCC2(CCCC2)CC1)C1CCCC1. The van der Waals surface area contributed by atoms with E-state index >= 15 is 0 Å². The van der Waals surface area contributed by atoms with E-state index in [0.717, 1.165) is 23.4 Å². The van der Waals surface area contributed by atoms with Gasteiger partial charge in [0.15, 0.2) is 0 Å². The van der Waals surface area contributed by atoms with Gasteiger partial charge in [0.2, 0.25) is 0 Å². The normalized spacial score (nSPS) is 31.2. The van der Waals surface area contributed by atoms with Crippen molar-refractivity contribution in [3.8, 4) is 0 Å². The molecule has 3 aliphatic carbocycles. The van der Waals surface area contributed by atoms with E-state index in [4.69, 9.17) is 0 Å². The predicted molar refractivity (Wildman–Crippen MR) is 77.7 cm³/mol. The van der Waals surface area contributed by atoms with E-state index in [-0.39, 0.29) is 0 Å². The standard InChI is InChI=1S/C17H31N/c1-14(15-6-2-3-7-15)18-16-8-12-17(13-9-16)10-4-5-11-17/h14-16,18H,2-13H2,1H3. The Hall–Kier alpha value is -0.0400. The molecule has 0 aromatic rings. The summed E-state index contributed by atoms with van der Waals surface area (Å²) in [5.41, 5.74) is 0.800. The highest BCUT2D eigenvalue weighted by atomic mass is 15.0. The molecule has 0 bridgehead atoms. The first-order valence-electron chi connectivity index (χ1n) is 8.54. The molecular formula is C17H31N. The Morgan fingerprint density at radius 2 is 1.44 bits per heavy atom. The van der Waals surface area contributed by atoms with Gasteiger partial charge in [0.25, 0.3) is 0 Å². The Bertz CT molecular complexity index is 251. The second-order valence-corrected chi connectivity index (χ2v) is 7.48. The minimum atomic E-state index is 0.773. The molecule has 0 aromatic heterocycles. The molecule has 0 amide bonds. The third kappa shape index (κ3) is 2.76. The maximum Gasteiger partial charge on any atom is 0.00700 e. The summed E-state index contributed by atoms with van der Waals surface area (Å²) >= 11 is 0. The molecule has 0 aliphatic heterocycles. The molecule has 3 rings (SSSR count). The largest absolute Gasteiger partial charge is 0.311 e. The summed E-state index contributed by atoms with van der Waals surface area (Å²) in [5, 5.41) is 3.97. The molecule has 1 heteroatoms. The second kappa shape index (κ2) is 5.53. The second-order valence-electron chi connectivity index (χ2n) is 7.48. The molecule has 3 aliphatic rings. The lowest BCUT2D eigenvalue weighted by Gasteiger charge is -2.39. The van der Waals surface area contributed by atoms with E-state index in [2.05, 4.69) is 12.2 Å². The summed E-state index contributed by atoms with van der Waals surface area (Å²) in [7, 11) is 0. The Kier molecular flexibility index (Phi) is 3.98. The van der Waals surface area contributed by atoms with Crippen molar-refractivity contribution in [1.82, 2.24) is 5.32 Å². The molecule has 1 atom stereocenters. The monoisotopic (exact) mass is 249 g/mol. The molecular weight excluding hydrogens is 218 g/mol. The molecule has 1 unspecified atom stereocenters. The van der Waals surface area contributed by atoms with Crippen LogP contribution in [0.4, 0.5) is 0 Å². The fraction of sp³-hybridized carbons (Fsp3) is 1.00. The smallest absolute Gasteiger partial charge is 0.00700 e. The van der Waals surface area contributed by atoms with E-state index in [1.165, 1.54) is 77.0 Å². The van der Waals surface area contributed by atoms with Gasteiger partial charge in [-0.15, -0.1) is 0 Å². The van der Waals surface area contributed by atoms with Gasteiger partial charge in [-0.25, -0.2) is 0 Å². The van der Waals surface area contributed by atoms with Crippen molar-refractivity contribution in [2.45, 2.75) is 96.1 Å². The summed E-state index contributed by atoms with van der Waals surface area (Å²) in [5.74, 6) is 0.979. The molecule has 0 saturated heterocycles. The Balaban J connectivity index is 1.44. The molecule has 0 heterocycles. The van der Waals surface area contributed by atoms with Crippen molar-refractivity contribution in [1.29, 1.82) is 0 Å². The van der Waals surface area contributed by atoms with Crippen molar-refractivity contribution in [3.63, 3.8) is 0 Å². The molecule has 1 spiro atoms. The topological polar surface area (TPSA) is 12.0 Å². The third-order valence-electron chi connectivity index (χ3n) is 6.32. The van der Waals surface area contributed by atoms with Crippen LogP contribution >= 0.6 is 0 Å². The summed E-state index contributed by atoms with van der Waals surface area (Å²) in [6.07, 6.45) is 18.0. The summed E-state index contributed by atoms with van der Waals surface area (Å²) in [6.45, 7) is 2.44. The number of rotatable bonds is 3. The molecule has 1 N–H and O–H groups in total. The average Bonchev–Trinajstić information content (AvgIpc) is 3.04. The zero-order valence-electron chi connectivity index (χ0n) is 12.2. The molecule has 3 saturated carbocycles. The van der Waals surface area contributed by atoms with Crippen LogP contribution in [-0.2, 0) is 0 Å². The van der Waals surface area contributed by atoms with Gasteiger partial charge in [0.05, 0.1) is 0 Å². The van der Waals surface area contributed by atoms with E-state index in [9.17, 15) is 0 Å². The van der Waals surface area contributed by atoms with Crippen LogP contribution in [0.25, 0.3) is 0 Å². The van der Waals surface area contributed by atoms with Crippen molar-refractivity contribution >= 4 is 0 Å². The van der Waals surface area contributed by atoms with Gasteiger partial charge in [-0.2, -0.15) is 0 Å². The maximum atomic E-state index is 3.97. The van der Waals surface area contributed by atoms with Gasteiger partial charge in [0, 0.05) is 12.1 Å². The summed E-state index contributed by atoms with van der Waals surface area (Å²) < 4.78 is 0. The van der Waals surface area contributed by atoms with Gasteiger partial charge < -0.3 is 5.32 Å². The predicted octanol–water partition coefficient (Wildman–Crippen LogP) is 4.66. The average molecular weight is 249 g/mol. The fourth-order valence-electron chi connectivity index (χ4n) is 4.99. The highest BCUT2D eigenvalue weighted by molar-refractivity contribution is 4.92. The number of nitrogens with one attached hydrogen (secondary N) is 1. The van der Waals surface area contributed by atoms with Crippen LogP contribution in [0.15, 0.2) is 0 Å². The maximum absolute atomic E-state index is 3.97. The first kappa shape index (κ1) is 13.0. The molecule has 1 nitrogen and oxygen atoms in total. The first-order valence-corrected chi connectivity index (χ1v) is 8.54. The van der Waals surface area contributed by atoms with Crippen LogP contribution in [0.1, 0.15) is 84.0 Å². The number of hydrogen-bond donors (Lipinski definition) is 1. The van der Waals surface area contributed by atoms with Crippen molar-refractivity contribution in [2.24, 2.45) is 11.3 Å². The minimum absolute atomic E-state index is 0.773. The molecule has 0 radical (unpaired) electrons. The van der Waals surface area contributed by atoms with Crippen LogP contribution in [0.3, 0.4) is 0 Å². The van der Waals surface area contributed by atoms with Gasteiger partial charge in [-0.3, -0.25) is 0 Å². The fourth-order valence-corrected chi connectivity index (χ4v) is 4.99. The van der Waals surface area contributed by atoms with Crippen LogP contribution in [0.2, 0.25) is 0 Å².